The third-order valence-corrected chi connectivity index (χ3v) is 8.80. The zero-order valence-corrected chi connectivity index (χ0v) is 17.0. The first-order valence-corrected chi connectivity index (χ1v) is 10.2. The summed E-state index contributed by atoms with van der Waals surface area (Å²) in [5.41, 5.74) is -4.83. The van der Waals surface area contributed by atoms with Crippen molar-refractivity contribution in [1.82, 2.24) is 5.32 Å². The monoisotopic (exact) mass is 391 g/mol. The summed E-state index contributed by atoms with van der Waals surface area (Å²) in [6, 6.07) is 0. The number of rotatable bonds is 1. The van der Waals surface area contributed by atoms with Crippen molar-refractivity contribution in [3.05, 3.63) is 23.8 Å². The molecule has 0 unspecified atom stereocenters. The summed E-state index contributed by atoms with van der Waals surface area (Å²) in [5, 5.41) is 25.2. The number of alkyl halides is 1. The molecule has 0 spiro atoms. The number of ketones is 1. The molecular formula is C22H30FNO4. The van der Waals surface area contributed by atoms with Crippen LogP contribution in [0.25, 0.3) is 0 Å². The van der Waals surface area contributed by atoms with Crippen molar-refractivity contribution in [2.24, 2.45) is 28.6 Å². The number of fused-ring (bicyclic) bond motifs is 5. The lowest BCUT2D eigenvalue weighted by molar-refractivity contribution is -0.219. The first-order chi connectivity index (χ1) is 13.0. The molecule has 0 aromatic rings. The molecule has 0 aliphatic heterocycles. The average Bonchev–Trinajstić information content (AvgIpc) is 2.84. The van der Waals surface area contributed by atoms with Crippen molar-refractivity contribution in [1.29, 1.82) is 0 Å². The minimum atomic E-state index is -1.94. The molecule has 0 aromatic heterocycles. The van der Waals surface area contributed by atoms with Crippen LogP contribution in [0.4, 0.5) is 4.39 Å². The number of aliphatic hydroxyl groups is 2. The number of carbonyl (C=O) groups is 2. The molecule has 0 aromatic carbocycles. The second kappa shape index (κ2) is 5.76. The Labute approximate surface area is 165 Å². The molecule has 4 rings (SSSR count). The van der Waals surface area contributed by atoms with Crippen molar-refractivity contribution in [3.8, 4) is 0 Å². The summed E-state index contributed by atoms with van der Waals surface area (Å²) in [5.74, 6) is -1.68. The summed E-state index contributed by atoms with van der Waals surface area (Å²) in [7, 11) is 1.49. The molecule has 3 N–H and O–H groups in total. The Morgan fingerprint density at radius 3 is 2.64 bits per heavy atom. The van der Waals surface area contributed by atoms with Gasteiger partial charge >= 0.3 is 0 Å². The highest BCUT2D eigenvalue weighted by Crippen LogP contribution is 2.70. The van der Waals surface area contributed by atoms with Gasteiger partial charge in [0.15, 0.2) is 17.1 Å². The molecule has 0 bridgehead atoms. The maximum Gasteiger partial charge on any atom is 0.252 e. The molecule has 3 saturated carbocycles. The molecule has 0 saturated heterocycles. The third kappa shape index (κ3) is 1.98. The molecule has 154 valence electrons. The number of halogens is 1. The highest BCUT2D eigenvalue weighted by molar-refractivity contribution is 6.01. The Bertz CT molecular complexity index is 808. The van der Waals surface area contributed by atoms with Crippen LogP contribution >= 0.6 is 0 Å². The number of nitrogens with one attached hydrogen (secondary N) is 1. The fourth-order valence-corrected chi connectivity index (χ4v) is 7.22. The van der Waals surface area contributed by atoms with Gasteiger partial charge in [-0.3, -0.25) is 9.59 Å². The zero-order valence-electron chi connectivity index (χ0n) is 17.0. The normalized spacial score (nSPS) is 52.4. The Kier molecular flexibility index (Phi) is 4.07. The number of carbonyl (C=O) groups excluding carboxylic acids is 2. The smallest absolute Gasteiger partial charge is 0.252 e. The van der Waals surface area contributed by atoms with E-state index in [9.17, 15) is 19.8 Å². The Morgan fingerprint density at radius 2 is 2.00 bits per heavy atom. The van der Waals surface area contributed by atoms with Gasteiger partial charge in [0, 0.05) is 23.8 Å². The summed E-state index contributed by atoms with van der Waals surface area (Å²) < 4.78 is 16.9. The van der Waals surface area contributed by atoms with Crippen LogP contribution in [0, 0.1) is 28.6 Å². The van der Waals surface area contributed by atoms with Gasteiger partial charge in [0.2, 0.25) is 0 Å². The van der Waals surface area contributed by atoms with Crippen LogP contribution in [0.15, 0.2) is 23.8 Å². The predicted molar refractivity (Wildman–Crippen MR) is 102 cm³/mol. The van der Waals surface area contributed by atoms with Crippen LogP contribution < -0.4 is 5.32 Å². The molecule has 4 aliphatic carbocycles. The van der Waals surface area contributed by atoms with Gasteiger partial charge in [-0.1, -0.05) is 25.5 Å². The molecule has 8 atom stereocenters. The molecule has 0 radical (unpaired) electrons. The maximum atomic E-state index is 16.9. The lowest BCUT2D eigenvalue weighted by atomic mass is 9.44. The van der Waals surface area contributed by atoms with Crippen molar-refractivity contribution in [2.75, 3.05) is 7.05 Å². The number of likely N-dealkylation sites (N-methyl/N-ethyl adjacent to an activating group) is 1. The largest absolute Gasteiger partial charge is 0.390 e. The van der Waals surface area contributed by atoms with Gasteiger partial charge in [-0.05, 0) is 56.6 Å². The van der Waals surface area contributed by atoms with E-state index in [-0.39, 0.29) is 24.0 Å². The maximum absolute atomic E-state index is 16.9. The van der Waals surface area contributed by atoms with Crippen molar-refractivity contribution in [2.45, 2.75) is 63.8 Å². The lowest BCUT2D eigenvalue weighted by Crippen LogP contribution is -2.70. The van der Waals surface area contributed by atoms with E-state index in [2.05, 4.69) is 5.32 Å². The van der Waals surface area contributed by atoms with Gasteiger partial charge in [-0.15, -0.1) is 0 Å². The van der Waals surface area contributed by atoms with E-state index in [4.69, 9.17) is 0 Å². The molecule has 1 amide bonds. The van der Waals surface area contributed by atoms with Gasteiger partial charge in [-0.25, -0.2) is 4.39 Å². The van der Waals surface area contributed by atoms with Crippen molar-refractivity contribution >= 4 is 11.7 Å². The summed E-state index contributed by atoms with van der Waals surface area (Å²) in [4.78, 5) is 24.5. The number of amides is 1. The van der Waals surface area contributed by atoms with E-state index in [0.717, 1.165) is 5.57 Å². The van der Waals surface area contributed by atoms with Crippen LogP contribution in [0.2, 0.25) is 0 Å². The first kappa shape index (κ1) is 19.8. The summed E-state index contributed by atoms with van der Waals surface area (Å²) in [6.45, 7) is 5.43. The predicted octanol–water partition coefficient (Wildman–Crippen LogP) is 2.08. The quantitative estimate of drug-likeness (QED) is 0.639. The van der Waals surface area contributed by atoms with E-state index in [1.807, 2.05) is 13.8 Å². The molecule has 6 heteroatoms. The SMILES string of the molecule is CNC(=O)[C@@]1(O)[C@H](C)C[C@H]2[C@@H]3CCC4=CC(=O)C=C[C@]4(C)[C@@]3(F)[C@@H](O)C[C@@]21C. The minimum absolute atomic E-state index is 0.00355. The number of allylic oxidation sites excluding steroid dienone is 4. The Morgan fingerprint density at radius 1 is 1.32 bits per heavy atom. The van der Waals surface area contributed by atoms with E-state index in [0.29, 0.717) is 19.3 Å². The van der Waals surface area contributed by atoms with Crippen LogP contribution in [0.5, 0.6) is 0 Å². The molecule has 0 heterocycles. The van der Waals surface area contributed by atoms with E-state index in [1.54, 1.807) is 13.0 Å². The molecule has 3 fully saturated rings. The fraction of sp³-hybridized carbons (Fsp3) is 0.727. The van der Waals surface area contributed by atoms with Gasteiger partial charge in [0.25, 0.3) is 5.91 Å². The second-order valence-electron chi connectivity index (χ2n) is 9.75. The highest BCUT2D eigenvalue weighted by atomic mass is 19.1. The van der Waals surface area contributed by atoms with Crippen LogP contribution in [-0.4, -0.2) is 46.3 Å². The van der Waals surface area contributed by atoms with Crippen LogP contribution in [0.3, 0.4) is 0 Å². The van der Waals surface area contributed by atoms with E-state index >= 15 is 4.39 Å². The van der Waals surface area contributed by atoms with Gasteiger partial charge in [0.1, 0.15) is 0 Å². The van der Waals surface area contributed by atoms with Crippen molar-refractivity contribution in [3.63, 3.8) is 0 Å². The molecular weight excluding hydrogens is 361 g/mol. The molecule has 28 heavy (non-hydrogen) atoms. The average molecular weight is 391 g/mol. The Hall–Kier alpha value is -1.53. The zero-order chi connectivity index (χ0) is 20.7. The number of aliphatic hydroxyl groups excluding tert-OH is 1. The van der Waals surface area contributed by atoms with E-state index in [1.165, 1.54) is 19.2 Å². The third-order valence-electron chi connectivity index (χ3n) is 8.80. The van der Waals surface area contributed by atoms with E-state index < -0.39 is 40.0 Å². The highest BCUT2D eigenvalue weighted by Gasteiger charge is 2.75. The molecule has 4 aliphatic rings. The molecule has 5 nitrogen and oxygen atoms in total. The second-order valence-corrected chi connectivity index (χ2v) is 9.75. The summed E-state index contributed by atoms with van der Waals surface area (Å²) in [6.07, 6.45) is 4.78. The van der Waals surface area contributed by atoms with Gasteiger partial charge in [-0.2, -0.15) is 0 Å². The number of hydrogen-bond donors (Lipinski definition) is 3. The van der Waals surface area contributed by atoms with Gasteiger partial charge < -0.3 is 15.5 Å². The lowest BCUT2D eigenvalue weighted by Gasteiger charge is -2.62. The Balaban J connectivity index is 1.84. The van der Waals surface area contributed by atoms with Gasteiger partial charge in [0.05, 0.1) is 6.10 Å². The van der Waals surface area contributed by atoms with Crippen LogP contribution in [-0.2, 0) is 9.59 Å². The minimum Gasteiger partial charge on any atom is -0.390 e. The summed E-state index contributed by atoms with van der Waals surface area (Å²) >= 11 is 0. The topological polar surface area (TPSA) is 86.6 Å². The van der Waals surface area contributed by atoms with Crippen molar-refractivity contribution < 1.29 is 24.2 Å². The van der Waals surface area contributed by atoms with Crippen LogP contribution in [0.1, 0.15) is 46.5 Å². The number of hydrogen-bond acceptors (Lipinski definition) is 4. The fourth-order valence-electron chi connectivity index (χ4n) is 7.22. The standard InChI is InChI=1S/C22H30FNO4/c1-12-9-16-15-6-5-13-10-14(25)7-8-19(13,2)21(15,23)17(26)11-20(16,3)22(12,28)18(27)24-4/h7-8,10,12,15-17,26,28H,5-6,9,11H2,1-4H3,(H,24,27)/t12-,15+,16+,17+,19+,20+,21+,22+/m1/s1. The first-order valence-electron chi connectivity index (χ1n) is 10.2.